The second kappa shape index (κ2) is 4.77. The van der Waals surface area contributed by atoms with Gasteiger partial charge in [-0.1, -0.05) is 0 Å². The lowest BCUT2D eigenvalue weighted by Gasteiger charge is -2.24. The number of nitrogens with zero attached hydrogens (tertiary/aromatic N) is 1. The second-order valence-corrected chi connectivity index (χ2v) is 4.57. The Labute approximate surface area is 106 Å². The van der Waals surface area contributed by atoms with Gasteiger partial charge in [-0.15, -0.1) is 11.8 Å². The van der Waals surface area contributed by atoms with E-state index in [0.29, 0.717) is 0 Å². The summed E-state index contributed by atoms with van der Waals surface area (Å²) in [5.74, 6) is -2.92. The van der Waals surface area contributed by atoms with E-state index in [0.717, 1.165) is 17.0 Å². The molecule has 0 radical (unpaired) electrons. The Balaban J connectivity index is 2.44. The number of halogens is 1. The summed E-state index contributed by atoms with van der Waals surface area (Å²) in [6.07, 6.45) is 0. The van der Waals surface area contributed by atoms with Crippen molar-refractivity contribution in [2.24, 2.45) is 0 Å². The quantitative estimate of drug-likeness (QED) is 0.815. The van der Waals surface area contributed by atoms with Gasteiger partial charge in [-0.25, -0.2) is 14.1 Å². The van der Waals surface area contributed by atoms with Gasteiger partial charge in [0.15, 0.2) is 0 Å². The van der Waals surface area contributed by atoms with Crippen LogP contribution in [0.4, 0.5) is 10.1 Å². The Kier molecular flexibility index (Phi) is 3.33. The third-order valence-electron chi connectivity index (χ3n) is 2.39. The molecule has 1 aromatic carbocycles. The SMILES string of the molecule is O=C(O)c1cc(N2C(=O)CSCC2=O)ccc1F. The van der Waals surface area contributed by atoms with Crippen LogP contribution >= 0.6 is 11.8 Å². The zero-order chi connectivity index (χ0) is 13.3. The third kappa shape index (κ3) is 2.21. The lowest BCUT2D eigenvalue weighted by atomic mass is 10.1. The number of carboxylic acid groups (broad SMARTS) is 1. The first-order chi connectivity index (χ1) is 8.50. The van der Waals surface area contributed by atoms with Crippen molar-refractivity contribution >= 4 is 35.2 Å². The molecule has 94 valence electrons. The van der Waals surface area contributed by atoms with Crippen molar-refractivity contribution in [3.8, 4) is 0 Å². The number of benzene rings is 1. The number of hydrogen-bond acceptors (Lipinski definition) is 4. The molecule has 1 fully saturated rings. The van der Waals surface area contributed by atoms with E-state index >= 15 is 0 Å². The van der Waals surface area contributed by atoms with E-state index in [1.54, 1.807) is 0 Å². The maximum absolute atomic E-state index is 13.2. The lowest BCUT2D eigenvalue weighted by Crippen LogP contribution is -2.43. The molecule has 18 heavy (non-hydrogen) atoms. The molecule has 1 N–H and O–H groups in total. The van der Waals surface area contributed by atoms with Gasteiger partial charge in [-0.3, -0.25) is 9.59 Å². The average Bonchev–Trinajstić information content (AvgIpc) is 2.30. The molecule has 2 rings (SSSR count). The van der Waals surface area contributed by atoms with Crippen molar-refractivity contribution in [3.63, 3.8) is 0 Å². The summed E-state index contributed by atoms with van der Waals surface area (Å²) in [4.78, 5) is 34.9. The molecule has 0 saturated carbocycles. The Bertz CT molecular complexity index is 530. The van der Waals surface area contributed by atoms with Gasteiger partial charge < -0.3 is 5.11 Å². The number of hydrogen-bond donors (Lipinski definition) is 1. The van der Waals surface area contributed by atoms with Gasteiger partial charge >= 0.3 is 5.97 Å². The molecule has 0 spiro atoms. The monoisotopic (exact) mass is 269 g/mol. The number of carboxylic acids is 1. The number of carbonyl (C=O) groups excluding carboxylic acids is 2. The molecule has 0 aromatic heterocycles. The van der Waals surface area contributed by atoms with E-state index in [2.05, 4.69) is 0 Å². The maximum atomic E-state index is 13.2. The summed E-state index contributed by atoms with van der Waals surface area (Å²) < 4.78 is 13.2. The van der Waals surface area contributed by atoms with E-state index in [4.69, 9.17) is 5.11 Å². The summed E-state index contributed by atoms with van der Waals surface area (Å²) >= 11 is 1.19. The van der Waals surface area contributed by atoms with E-state index in [-0.39, 0.29) is 17.2 Å². The van der Waals surface area contributed by atoms with E-state index in [1.807, 2.05) is 0 Å². The predicted octanol–water partition coefficient (Wildman–Crippen LogP) is 1.13. The zero-order valence-electron chi connectivity index (χ0n) is 9.05. The molecule has 0 bridgehead atoms. The van der Waals surface area contributed by atoms with Crippen LogP contribution in [-0.4, -0.2) is 34.4 Å². The van der Waals surface area contributed by atoms with Crippen molar-refractivity contribution in [1.82, 2.24) is 0 Å². The maximum Gasteiger partial charge on any atom is 0.338 e. The van der Waals surface area contributed by atoms with Crippen LogP contribution in [0.1, 0.15) is 10.4 Å². The van der Waals surface area contributed by atoms with Gasteiger partial charge in [0, 0.05) is 0 Å². The number of rotatable bonds is 2. The summed E-state index contributed by atoms with van der Waals surface area (Å²) in [6, 6.07) is 3.14. The molecule has 1 aliphatic rings. The van der Waals surface area contributed by atoms with Crippen molar-refractivity contribution in [3.05, 3.63) is 29.6 Å². The minimum absolute atomic E-state index is 0.0871. The highest BCUT2D eigenvalue weighted by molar-refractivity contribution is 8.00. The summed E-state index contributed by atoms with van der Waals surface area (Å²) in [5.41, 5.74) is -0.476. The van der Waals surface area contributed by atoms with Gasteiger partial charge in [0.1, 0.15) is 5.82 Å². The largest absolute Gasteiger partial charge is 0.478 e. The fourth-order valence-electron chi connectivity index (χ4n) is 1.60. The van der Waals surface area contributed by atoms with E-state index in [9.17, 15) is 18.8 Å². The van der Waals surface area contributed by atoms with Gasteiger partial charge in [0.05, 0.1) is 22.8 Å². The van der Waals surface area contributed by atoms with Crippen molar-refractivity contribution in [2.45, 2.75) is 0 Å². The van der Waals surface area contributed by atoms with Crippen LogP contribution < -0.4 is 4.90 Å². The van der Waals surface area contributed by atoms with Crippen LogP contribution in [0.2, 0.25) is 0 Å². The van der Waals surface area contributed by atoms with Gasteiger partial charge in [0.25, 0.3) is 0 Å². The Morgan fingerprint density at radius 3 is 2.44 bits per heavy atom. The first-order valence-corrected chi connectivity index (χ1v) is 6.12. The van der Waals surface area contributed by atoms with Gasteiger partial charge in [0.2, 0.25) is 11.8 Å². The first kappa shape index (κ1) is 12.6. The number of imide groups is 1. The zero-order valence-corrected chi connectivity index (χ0v) is 9.87. The molecule has 1 saturated heterocycles. The average molecular weight is 269 g/mol. The number of carbonyl (C=O) groups is 3. The molecule has 7 heteroatoms. The molecular weight excluding hydrogens is 261 g/mol. The van der Waals surface area contributed by atoms with Crippen LogP contribution in [0.25, 0.3) is 0 Å². The van der Waals surface area contributed by atoms with Crippen LogP contribution in [0.5, 0.6) is 0 Å². The summed E-state index contributed by atoms with van der Waals surface area (Å²) in [7, 11) is 0. The van der Waals surface area contributed by atoms with E-state index in [1.165, 1.54) is 17.8 Å². The number of thioether (sulfide) groups is 1. The van der Waals surface area contributed by atoms with Crippen LogP contribution in [0.15, 0.2) is 18.2 Å². The van der Waals surface area contributed by atoms with Crippen molar-refractivity contribution < 1.29 is 23.9 Å². The Morgan fingerprint density at radius 2 is 1.89 bits per heavy atom. The molecule has 1 heterocycles. The fraction of sp³-hybridized carbons (Fsp3) is 0.182. The highest BCUT2D eigenvalue weighted by Crippen LogP contribution is 2.23. The van der Waals surface area contributed by atoms with Gasteiger partial charge in [-0.2, -0.15) is 0 Å². The number of aromatic carboxylic acids is 1. The third-order valence-corrected chi connectivity index (χ3v) is 3.29. The smallest absolute Gasteiger partial charge is 0.338 e. The first-order valence-electron chi connectivity index (χ1n) is 4.97. The van der Waals surface area contributed by atoms with Crippen LogP contribution in [0, 0.1) is 5.82 Å². The number of anilines is 1. The molecule has 0 aliphatic carbocycles. The van der Waals surface area contributed by atoms with Crippen LogP contribution in [0.3, 0.4) is 0 Å². The predicted molar refractivity (Wildman–Crippen MR) is 63.2 cm³/mol. The highest BCUT2D eigenvalue weighted by Gasteiger charge is 2.28. The van der Waals surface area contributed by atoms with Gasteiger partial charge in [-0.05, 0) is 18.2 Å². The molecule has 1 aliphatic heterocycles. The minimum Gasteiger partial charge on any atom is -0.478 e. The van der Waals surface area contributed by atoms with Crippen molar-refractivity contribution in [1.29, 1.82) is 0 Å². The van der Waals surface area contributed by atoms with Crippen molar-refractivity contribution in [2.75, 3.05) is 16.4 Å². The molecular formula is C11H8FNO4S. The van der Waals surface area contributed by atoms with Crippen LogP contribution in [-0.2, 0) is 9.59 Å². The molecule has 2 amide bonds. The summed E-state index contributed by atoms with van der Waals surface area (Å²) in [5, 5.41) is 8.79. The minimum atomic E-state index is -1.44. The molecule has 1 aromatic rings. The topological polar surface area (TPSA) is 74.7 Å². The standard InChI is InChI=1S/C11H8FNO4S/c12-8-2-1-6(3-7(8)11(16)17)13-9(14)4-18-5-10(13)15/h1-3H,4-5H2,(H,16,17). The molecule has 5 nitrogen and oxygen atoms in total. The Morgan fingerprint density at radius 1 is 1.28 bits per heavy atom. The highest BCUT2D eigenvalue weighted by atomic mass is 32.2. The normalized spacial score (nSPS) is 15.9. The Hall–Kier alpha value is -1.89. The number of amides is 2. The molecule has 0 unspecified atom stereocenters. The molecule has 0 atom stereocenters. The summed E-state index contributed by atoms with van der Waals surface area (Å²) in [6.45, 7) is 0. The fourth-order valence-corrected chi connectivity index (χ4v) is 2.31. The van der Waals surface area contributed by atoms with E-state index < -0.39 is 29.2 Å². The second-order valence-electron chi connectivity index (χ2n) is 3.58. The lowest BCUT2D eigenvalue weighted by molar-refractivity contribution is -0.124.